The van der Waals surface area contributed by atoms with Crippen LogP contribution in [0.25, 0.3) is 0 Å². The van der Waals surface area contributed by atoms with Crippen molar-refractivity contribution in [2.45, 2.75) is 18.9 Å². The monoisotopic (exact) mass is 253 g/mol. The molecule has 2 rings (SSSR count). The van der Waals surface area contributed by atoms with Gasteiger partial charge in [-0.05, 0) is 30.4 Å². The molecule has 3 nitrogen and oxygen atoms in total. The first-order valence-electron chi connectivity index (χ1n) is 5.35. The Bertz CT molecular complexity index is 375. The van der Waals surface area contributed by atoms with E-state index in [-0.39, 0.29) is 0 Å². The number of hydrogen-bond acceptors (Lipinski definition) is 4. The summed E-state index contributed by atoms with van der Waals surface area (Å²) in [6, 6.07) is 2.39. The third-order valence-electron chi connectivity index (χ3n) is 2.67. The van der Waals surface area contributed by atoms with Gasteiger partial charge in [0, 0.05) is 17.8 Å². The van der Waals surface area contributed by atoms with E-state index in [2.05, 4.69) is 10.3 Å². The van der Waals surface area contributed by atoms with Gasteiger partial charge in [0.25, 0.3) is 0 Å². The summed E-state index contributed by atoms with van der Waals surface area (Å²) in [5, 5.41) is 3.49. The number of hydrogen-bond donors (Lipinski definition) is 2. The van der Waals surface area contributed by atoms with Crippen LogP contribution in [-0.2, 0) is 0 Å². The summed E-state index contributed by atoms with van der Waals surface area (Å²) in [6.45, 7) is 0. The maximum Gasteiger partial charge on any atom is 0.106 e. The Balaban J connectivity index is 2.10. The lowest BCUT2D eigenvalue weighted by atomic mass is 10.1. The van der Waals surface area contributed by atoms with Crippen molar-refractivity contribution in [3.8, 4) is 0 Å². The van der Waals surface area contributed by atoms with Gasteiger partial charge in [-0.3, -0.25) is 4.98 Å². The highest BCUT2D eigenvalue weighted by Gasteiger charge is 2.15. The third-order valence-corrected chi connectivity index (χ3v) is 3.94. The Morgan fingerprint density at radius 1 is 1.50 bits per heavy atom. The zero-order chi connectivity index (χ0) is 11.4. The summed E-state index contributed by atoms with van der Waals surface area (Å²) in [4.78, 5) is 4.54. The van der Waals surface area contributed by atoms with Crippen molar-refractivity contribution < 1.29 is 0 Å². The average Bonchev–Trinajstić information content (AvgIpc) is 2.31. The van der Waals surface area contributed by atoms with Crippen molar-refractivity contribution in [1.29, 1.82) is 0 Å². The van der Waals surface area contributed by atoms with E-state index in [9.17, 15) is 0 Å². The van der Waals surface area contributed by atoms with Gasteiger partial charge in [-0.1, -0.05) is 12.2 Å². The van der Waals surface area contributed by atoms with Crippen molar-refractivity contribution in [2.75, 3.05) is 16.8 Å². The molecule has 1 saturated heterocycles. The highest BCUT2D eigenvalue weighted by Crippen LogP contribution is 2.22. The SMILES string of the molecule is NC(=S)c1ccncc1NC1CCSCC1. The molecule has 0 unspecified atom stereocenters. The van der Waals surface area contributed by atoms with E-state index in [1.165, 1.54) is 24.3 Å². The van der Waals surface area contributed by atoms with Crippen molar-refractivity contribution in [3.63, 3.8) is 0 Å². The van der Waals surface area contributed by atoms with Crippen molar-refractivity contribution in [3.05, 3.63) is 24.0 Å². The molecule has 16 heavy (non-hydrogen) atoms. The van der Waals surface area contributed by atoms with E-state index < -0.39 is 0 Å². The van der Waals surface area contributed by atoms with E-state index in [0.717, 1.165) is 11.3 Å². The maximum absolute atomic E-state index is 5.68. The molecule has 2 heterocycles. The lowest BCUT2D eigenvalue weighted by Crippen LogP contribution is -2.26. The number of nitrogens with one attached hydrogen (secondary N) is 1. The molecule has 0 aliphatic carbocycles. The highest BCUT2D eigenvalue weighted by molar-refractivity contribution is 7.99. The number of thiocarbonyl (C=S) groups is 1. The van der Waals surface area contributed by atoms with Gasteiger partial charge in [-0.2, -0.15) is 11.8 Å². The lowest BCUT2D eigenvalue weighted by molar-refractivity contribution is 0.666. The molecule has 0 amide bonds. The summed E-state index contributed by atoms with van der Waals surface area (Å²) < 4.78 is 0. The molecule has 1 fully saturated rings. The normalized spacial score (nSPS) is 17.0. The average molecular weight is 253 g/mol. The molecule has 0 bridgehead atoms. The van der Waals surface area contributed by atoms with Crippen LogP contribution in [-0.4, -0.2) is 27.5 Å². The number of pyridine rings is 1. The van der Waals surface area contributed by atoms with E-state index in [1.807, 2.05) is 17.8 Å². The van der Waals surface area contributed by atoms with E-state index in [4.69, 9.17) is 18.0 Å². The summed E-state index contributed by atoms with van der Waals surface area (Å²) in [5.74, 6) is 2.45. The van der Waals surface area contributed by atoms with Crippen LogP contribution in [0.5, 0.6) is 0 Å². The summed E-state index contributed by atoms with van der Waals surface area (Å²) >= 11 is 7.04. The van der Waals surface area contributed by atoms with Gasteiger partial charge in [0.2, 0.25) is 0 Å². The maximum atomic E-state index is 5.68. The number of nitrogens with zero attached hydrogens (tertiary/aromatic N) is 1. The summed E-state index contributed by atoms with van der Waals surface area (Å²) in [5.41, 5.74) is 7.54. The quantitative estimate of drug-likeness (QED) is 0.807. The standard InChI is InChI=1S/C11H15N3S2/c12-11(15)9-1-4-13-7-10(9)14-8-2-5-16-6-3-8/h1,4,7-8,14H,2-3,5-6H2,(H2,12,15). The van der Waals surface area contributed by atoms with E-state index in [1.54, 1.807) is 12.4 Å². The molecule has 0 saturated carbocycles. The number of anilines is 1. The molecule has 1 aromatic rings. The van der Waals surface area contributed by atoms with Crippen LogP contribution in [0.1, 0.15) is 18.4 Å². The van der Waals surface area contributed by atoms with Gasteiger partial charge in [0.15, 0.2) is 0 Å². The first kappa shape index (κ1) is 11.7. The van der Waals surface area contributed by atoms with Gasteiger partial charge >= 0.3 is 0 Å². The van der Waals surface area contributed by atoms with Crippen LogP contribution in [0.4, 0.5) is 5.69 Å². The van der Waals surface area contributed by atoms with Crippen LogP contribution in [0, 0.1) is 0 Å². The van der Waals surface area contributed by atoms with Crippen molar-refractivity contribution >= 4 is 34.7 Å². The minimum Gasteiger partial charge on any atom is -0.389 e. The van der Waals surface area contributed by atoms with E-state index >= 15 is 0 Å². The van der Waals surface area contributed by atoms with Gasteiger partial charge in [0.1, 0.15) is 4.99 Å². The predicted octanol–water partition coefficient (Wildman–Crippen LogP) is 2.02. The Hall–Kier alpha value is -0.810. The van der Waals surface area contributed by atoms with Gasteiger partial charge < -0.3 is 11.1 Å². The second-order valence-corrected chi connectivity index (χ2v) is 5.48. The third kappa shape index (κ3) is 2.86. The number of nitrogens with two attached hydrogens (primary N) is 1. The molecule has 1 aliphatic heterocycles. The van der Waals surface area contributed by atoms with Crippen LogP contribution in [0.3, 0.4) is 0 Å². The van der Waals surface area contributed by atoms with Gasteiger partial charge in [0.05, 0.1) is 11.9 Å². The summed E-state index contributed by atoms with van der Waals surface area (Å²) in [7, 11) is 0. The summed E-state index contributed by atoms with van der Waals surface area (Å²) in [6.07, 6.45) is 5.90. The van der Waals surface area contributed by atoms with Crippen LogP contribution in [0.15, 0.2) is 18.5 Å². The smallest absolute Gasteiger partial charge is 0.106 e. The zero-order valence-electron chi connectivity index (χ0n) is 8.98. The minimum absolute atomic E-state index is 0.426. The Kier molecular flexibility index (Phi) is 4.01. The molecule has 0 aromatic carbocycles. The minimum atomic E-state index is 0.426. The fraction of sp³-hybridized carbons (Fsp3) is 0.455. The Labute approximate surface area is 105 Å². The van der Waals surface area contributed by atoms with Gasteiger partial charge in [-0.25, -0.2) is 0 Å². The predicted molar refractivity (Wildman–Crippen MR) is 74.1 cm³/mol. The molecule has 1 aromatic heterocycles. The first-order chi connectivity index (χ1) is 7.77. The van der Waals surface area contributed by atoms with Crippen molar-refractivity contribution in [1.82, 2.24) is 4.98 Å². The van der Waals surface area contributed by atoms with Gasteiger partial charge in [-0.15, -0.1) is 0 Å². The molecular formula is C11H15N3S2. The zero-order valence-corrected chi connectivity index (χ0v) is 10.6. The fourth-order valence-corrected chi connectivity index (χ4v) is 3.07. The molecule has 3 N–H and O–H groups in total. The molecule has 86 valence electrons. The Morgan fingerprint density at radius 3 is 2.94 bits per heavy atom. The second kappa shape index (κ2) is 5.50. The van der Waals surface area contributed by atoms with Crippen LogP contribution in [0.2, 0.25) is 0 Å². The van der Waals surface area contributed by atoms with Crippen LogP contribution >= 0.6 is 24.0 Å². The molecule has 1 aliphatic rings. The van der Waals surface area contributed by atoms with Crippen LogP contribution < -0.4 is 11.1 Å². The molecule has 0 radical (unpaired) electrons. The number of rotatable bonds is 3. The fourth-order valence-electron chi connectivity index (χ4n) is 1.79. The largest absolute Gasteiger partial charge is 0.389 e. The molecule has 0 atom stereocenters. The topological polar surface area (TPSA) is 50.9 Å². The Morgan fingerprint density at radius 2 is 2.25 bits per heavy atom. The highest BCUT2D eigenvalue weighted by atomic mass is 32.2. The molecule has 0 spiro atoms. The molecule has 5 heteroatoms. The molecular weight excluding hydrogens is 238 g/mol. The lowest BCUT2D eigenvalue weighted by Gasteiger charge is -2.24. The second-order valence-electron chi connectivity index (χ2n) is 3.82. The number of aromatic nitrogens is 1. The van der Waals surface area contributed by atoms with Crippen molar-refractivity contribution in [2.24, 2.45) is 5.73 Å². The number of thioether (sulfide) groups is 1. The first-order valence-corrected chi connectivity index (χ1v) is 6.92. The van der Waals surface area contributed by atoms with E-state index in [0.29, 0.717) is 11.0 Å².